The minimum absolute atomic E-state index is 0.165. The molecule has 0 amide bonds. The molecule has 0 spiro atoms. The third kappa shape index (κ3) is 3.95. The smallest absolute Gasteiger partial charge is 0.165 e. The topological polar surface area (TPSA) is 21.3 Å². The Bertz CT molecular complexity index is 435. The summed E-state index contributed by atoms with van der Waals surface area (Å²) in [6, 6.07) is 5.49. The van der Waals surface area contributed by atoms with Crippen LogP contribution in [-0.2, 0) is 0 Å². The van der Waals surface area contributed by atoms with Crippen LogP contribution in [0.1, 0.15) is 58.1 Å². The van der Waals surface area contributed by atoms with Crippen LogP contribution in [0.4, 0.5) is 4.39 Å². The van der Waals surface area contributed by atoms with Crippen LogP contribution in [0.25, 0.3) is 0 Å². The molecule has 0 saturated heterocycles. The van der Waals surface area contributed by atoms with Crippen LogP contribution in [0.3, 0.4) is 0 Å². The first kappa shape index (κ1) is 15.3. The van der Waals surface area contributed by atoms with Gasteiger partial charge < -0.3 is 10.1 Å². The normalized spacial score (nSPS) is 24.4. The Kier molecular flexibility index (Phi) is 5.41. The van der Waals surface area contributed by atoms with Gasteiger partial charge in [0.25, 0.3) is 0 Å². The van der Waals surface area contributed by atoms with E-state index in [0.717, 1.165) is 24.9 Å². The molecule has 3 atom stereocenters. The minimum atomic E-state index is -0.245. The Morgan fingerprint density at radius 1 is 1.40 bits per heavy atom. The summed E-state index contributed by atoms with van der Waals surface area (Å²) in [6.07, 6.45) is 4.70. The lowest BCUT2D eigenvalue weighted by atomic mass is 9.89. The molecule has 2 rings (SSSR count). The Labute approximate surface area is 121 Å². The van der Waals surface area contributed by atoms with Gasteiger partial charge in [-0.2, -0.15) is 0 Å². The summed E-state index contributed by atoms with van der Waals surface area (Å²) in [5.74, 6) is 0.840. The molecule has 0 radical (unpaired) electrons. The number of halogens is 1. The van der Waals surface area contributed by atoms with Crippen molar-refractivity contribution in [3.8, 4) is 5.75 Å². The number of ether oxygens (including phenoxy) is 1. The van der Waals surface area contributed by atoms with Crippen molar-refractivity contribution in [1.82, 2.24) is 5.32 Å². The Hall–Kier alpha value is -1.09. The third-order valence-electron chi connectivity index (χ3n) is 4.15. The van der Waals surface area contributed by atoms with Crippen molar-refractivity contribution in [3.05, 3.63) is 29.6 Å². The van der Waals surface area contributed by atoms with Gasteiger partial charge in [-0.25, -0.2) is 4.39 Å². The molecule has 3 unspecified atom stereocenters. The maximum Gasteiger partial charge on any atom is 0.165 e. The van der Waals surface area contributed by atoms with Crippen LogP contribution in [0, 0.1) is 11.7 Å². The highest BCUT2D eigenvalue weighted by atomic mass is 19.1. The largest absolute Gasteiger partial charge is 0.487 e. The SMILES string of the molecule is CCNC(C)c1ccc(OC2CCCC(C)C2)c(F)c1. The lowest BCUT2D eigenvalue weighted by Gasteiger charge is -2.27. The minimum Gasteiger partial charge on any atom is -0.487 e. The molecular weight excluding hydrogens is 253 g/mol. The van der Waals surface area contributed by atoms with E-state index in [1.54, 1.807) is 12.1 Å². The van der Waals surface area contributed by atoms with Gasteiger partial charge in [0.2, 0.25) is 0 Å². The van der Waals surface area contributed by atoms with Crippen LogP contribution < -0.4 is 10.1 Å². The van der Waals surface area contributed by atoms with E-state index in [9.17, 15) is 4.39 Å². The summed E-state index contributed by atoms with van der Waals surface area (Å²) in [7, 11) is 0. The maximum atomic E-state index is 14.2. The van der Waals surface area contributed by atoms with Crippen molar-refractivity contribution < 1.29 is 9.13 Å². The maximum absolute atomic E-state index is 14.2. The second-order valence-electron chi connectivity index (χ2n) is 5.98. The molecule has 0 aromatic heterocycles. The molecule has 3 heteroatoms. The molecule has 1 saturated carbocycles. The second-order valence-corrected chi connectivity index (χ2v) is 5.98. The van der Waals surface area contributed by atoms with Crippen LogP contribution >= 0.6 is 0 Å². The van der Waals surface area contributed by atoms with E-state index < -0.39 is 0 Å². The first-order valence-electron chi connectivity index (χ1n) is 7.79. The van der Waals surface area contributed by atoms with Crippen molar-refractivity contribution in [2.75, 3.05) is 6.54 Å². The molecule has 1 aromatic carbocycles. The fourth-order valence-corrected chi connectivity index (χ4v) is 2.97. The van der Waals surface area contributed by atoms with E-state index in [2.05, 4.69) is 19.2 Å². The molecule has 1 aliphatic rings. The fraction of sp³-hybridized carbons (Fsp3) is 0.647. The van der Waals surface area contributed by atoms with Crippen molar-refractivity contribution in [1.29, 1.82) is 0 Å². The zero-order valence-electron chi connectivity index (χ0n) is 12.8. The van der Waals surface area contributed by atoms with Gasteiger partial charge in [-0.1, -0.05) is 26.3 Å². The van der Waals surface area contributed by atoms with Crippen molar-refractivity contribution in [3.63, 3.8) is 0 Å². The zero-order chi connectivity index (χ0) is 14.5. The highest BCUT2D eigenvalue weighted by molar-refractivity contribution is 5.31. The van der Waals surface area contributed by atoms with E-state index in [-0.39, 0.29) is 18.0 Å². The zero-order valence-corrected chi connectivity index (χ0v) is 12.8. The highest BCUT2D eigenvalue weighted by Gasteiger charge is 2.21. The number of hydrogen-bond acceptors (Lipinski definition) is 2. The summed E-state index contributed by atoms with van der Waals surface area (Å²) in [4.78, 5) is 0. The number of hydrogen-bond donors (Lipinski definition) is 1. The Morgan fingerprint density at radius 3 is 2.85 bits per heavy atom. The second kappa shape index (κ2) is 7.07. The summed E-state index contributed by atoms with van der Waals surface area (Å²) < 4.78 is 20.0. The average Bonchev–Trinajstić information content (AvgIpc) is 2.41. The average molecular weight is 279 g/mol. The predicted octanol–water partition coefficient (Wildman–Crippen LogP) is 4.45. The lowest BCUT2D eigenvalue weighted by Crippen LogP contribution is -2.24. The molecule has 0 aliphatic heterocycles. The first-order valence-corrected chi connectivity index (χ1v) is 7.79. The van der Waals surface area contributed by atoms with E-state index in [1.165, 1.54) is 12.8 Å². The molecule has 20 heavy (non-hydrogen) atoms. The lowest BCUT2D eigenvalue weighted by molar-refractivity contribution is 0.124. The molecule has 112 valence electrons. The quantitative estimate of drug-likeness (QED) is 0.859. The molecule has 0 bridgehead atoms. The highest BCUT2D eigenvalue weighted by Crippen LogP contribution is 2.29. The molecule has 1 N–H and O–H groups in total. The molecular formula is C17H26FNO. The Balaban J connectivity index is 2.02. The first-order chi connectivity index (χ1) is 9.60. The van der Waals surface area contributed by atoms with Gasteiger partial charge in [-0.3, -0.25) is 0 Å². The standard InChI is InChI=1S/C17H26FNO/c1-4-19-13(3)14-8-9-17(16(18)11-14)20-15-7-5-6-12(2)10-15/h8-9,11-13,15,19H,4-7,10H2,1-3H3. The van der Waals surface area contributed by atoms with Crippen molar-refractivity contribution in [2.24, 2.45) is 5.92 Å². The summed E-state index contributed by atoms with van der Waals surface area (Å²) in [5.41, 5.74) is 0.966. The van der Waals surface area contributed by atoms with Gasteiger partial charge >= 0.3 is 0 Å². The number of benzene rings is 1. The third-order valence-corrected chi connectivity index (χ3v) is 4.15. The van der Waals surface area contributed by atoms with Crippen LogP contribution in [0.15, 0.2) is 18.2 Å². The number of nitrogens with one attached hydrogen (secondary N) is 1. The molecule has 0 heterocycles. The van der Waals surface area contributed by atoms with Crippen LogP contribution in [0.5, 0.6) is 5.75 Å². The van der Waals surface area contributed by atoms with E-state index in [0.29, 0.717) is 11.7 Å². The molecule has 2 nitrogen and oxygen atoms in total. The molecule has 1 aliphatic carbocycles. The van der Waals surface area contributed by atoms with E-state index in [1.807, 2.05) is 13.0 Å². The van der Waals surface area contributed by atoms with Crippen LogP contribution in [-0.4, -0.2) is 12.6 Å². The van der Waals surface area contributed by atoms with Gasteiger partial charge in [0.05, 0.1) is 6.10 Å². The van der Waals surface area contributed by atoms with Gasteiger partial charge in [0.15, 0.2) is 11.6 Å². The summed E-state index contributed by atoms with van der Waals surface area (Å²) in [6.45, 7) is 7.21. The van der Waals surface area contributed by atoms with Gasteiger partial charge in [0, 0.05) is 6.04 Å². The Morgan fingerprint density at radius 2 is 2.20 bits per heavy atom. The predicted molar refractivity (Wildman–Crippen MR) is 80.5 cm³/mol. The van der Waals surface area contributed by atoms with Gasteiger partial charge in [-0.15, -0.1) is 0 Å². The van der Waals surface area contributed by atoms with Crippen molar-refractivity contribution >= 4 is 0 Å². The molecule has 1 aromatic rings. The number of rotatable bonds is 5. The summed E-state index contributed by atoms with van der Waals surface area (Å²) in [5, 5.41) is 3.29. The van der Waals surface area contributed by atoms with Gasteiger partial charge in [-0.05, 0) is 56.3 Å². The van der Waals surface area contributed by atoms with E-state index in [4.69, 9.17) is 4.74 Å². The van der Waals surface area contributed by atoms with Gasteiger partial charge in [0.1, 0.15) is 0 Å². The van der Waals surface area contributed by atoms with Crippen molar-refractivity contribution in [2.45, 2.75) is 58.6 Å². The van der Waals surface area contributed by atoms with Crippen LogP contribution in [0.2, 0.25) is 0 Å². The fourth-order valence-electron chi connectivity index (χ4n) is 2.97. The van der Waals surface area contributed by atoms with E-state index >= 15 is 0 Å². The molecule has 1 fully saturated rings. The monoisotopic (exact) mass is 279 g/mol. The summed E-state index contributed by atoms with van der Waals surface area (Å²) >= 11 is 0.